The predicted molar refractivity (Wildman–Crippen MR) is 95.1 cm³/mol. The molecule has 2 aromatic carbocycles. The largest absolute Gasteiger partial charge is 0.240 e. The zero-order valence-electron chi connectivity index (χ0n) is 13.6. The van der Waals surface area contributed by atoms with Gasteiger partial charge in [-0.15, -0.1) is 5.10 Å². The Balaban J connectivity index is 2.04. The van der Waals surface area contributed by atoms with Gasteiger partial charge in [0, 0.05) is 5.56 Å². The molecule has 0 atom stereocenters. The normalized spacial score (nSPS) is 11.2. The van der Waals surface area contributed by atoms with Crippen molar-refractivity contribution >= 4 is 6.08 Å². The second-order valence-electron chi connectivity index (χ2n) is 5.64. The van der Waals surface area contributed by atoms with Gasteiger partial charge in [-0.05, 0) is 25.0 Å². The van der Waals surface area contributed by atoms with Gasteiger partial charge in [0.15, 0.2) is 0 Å². The maximum absolute atomic E-state index is 4.38. The van der Waals surface area contributed by atoms with Gasteiger partial charge in [-0.2, -0.15) is 0 Å². The second-order valence-corrected chi connectivity index (χ2v) is 5.64. The van der Waals surface area contributed by atoms with Crippen LogP contribution in [0.15, 0.2) is 60.7 Å². The molecular formula is C20H21N3. The molecule has 0 spiro atoms. The summed E-state index contributed by atoms with van der Waals surface area (Å²) in [6, 6.07) is 18.9. The van der Waals surface area contributed by atoms with E-state index in [9.17, 15) is 0 Å². The minimum absolute atomic E-state index is 0.719. The van der Waals surface area contributed by atoms with Crippen molar-refractivity contribution in [2.24, 2.45) is 0 Å². The fourth-order valence-electron chi connectivity index (χ4n) is 2.54. The molecule has 0 aliphatic carbocycles. The molecule has 0 unspecified atom stereocenters. The van der Waals surface area contributed by atoms with Crippen LogP contribution in [0.5, 0.6) is 0 Å². The standard InChI is InChI=1S/C20H21N3/c1-3-4-10-19-20(18-13-11-16(2)12-14-18)23(22-21-19)15-17-8-6-5-7-9-17/h4-14H,3,15H2,1-2H3/b10-4+. The smallest absolute Gasteiger partial charge is 0.113 e. The lowest BCUT2D eigenvalue weighted by Gasteiger charge is -2.08. The third-order valence-electron chi connectivity index (χ3n) is 3.77. The number of rotatable bonds is 5. The summed E-state index contributed by atoms with van der Waals surface area (Å²) >= 11 is 0. The first kappa shape index (κ1) is 15.2. The zero-order valence-corrected chi connectivity index (χ0v) is 13.6. The summed E-state index contributed by atoms with van der Waals surface area (Å²) in [6.07, 6.45) is 5.16. The summed E-state index contributed by atoms with van der Waals surface area (Å²) in [5.74, 6) is 0. The highest BCUT2D eigenvalue weighted by Crippen LogP contribution is 2.24. The van der Waals surface area contributed by atoms with Crippen molar-refractivity contribution in [3.8, 4) is 11.3 Å². The average Bonchev–Trinajstić information content (AvgIpc) is 2.97. The Kier molecular flexibility index (Phi) is 4.67. The van der Waals surface area contributed by atoms with Crippen molar-refractivity contribution < 1.29 is 0 Å². The SMILES string of the molecule is CC/C=C/c1nnn(Cc2ccccc2)c1-c1ccc(C)cc1. The van der Waals surface area contributed by atoms with Crippen LogP contribution in [0.1, 0.15) is 30.2 Å². The Labute approximate surface area is 137 Å². The van der Waals surface area contributed by atoms with Gasteiger partial charge in [-0.3, -0.25) is 0 Å². The van der Waals surface area contributed by atoms with E-state index in [-0.39, 0.29) is 0 Å². The molecule has 3 nitrogen and oxygen atoms in total. The van der Waals surface area contributed by atoms with Crippen molar-refractivity contribution in [1.29, 1.82) is 0 Å². The third-order valence-corrected chi connectivity index (χ3v) is 3.77. The predicted octanol–water partition coefficient (Wildman–Crippen LogP) is 4.73. The van der Waals surface area contributed by atoms with Gasteiger partial charge in [0.2, 0.25) is 0 Å². The highest BCUT2D eigenvalue weighted by molar-refractivity contribution is 5.70. The third kappa shape index (κ3) is 3.57. The highest BCUT2D eigenvalue weighted by Gasteiger charge is 2.13. The summed E-state index contributed by atoms with van der Waals surface area (Å²) in [4.78, 5) is 0. The summed E-state index contributed by atoms with van der Waals surface area (Å²) in [6.45, 7) is 4.94. The van der Waals surface area contributed by atoms with E-state index in [4.69, 9.17) is 0 Å². The zero-order chi connectivity index (χ0) is 16.1. The number of allylic oxidation sites excluding steroid dienone is 1. The van der Waals surface area contributed by atoms with E-state index in [0.717, 1.165) is 29.9 Å². The average molecular weight is 303 g/mol. The van der Waals surface area contributed by atoms with Crippen molar-refractivity contribution in [1.82, 2.24) is 15.0 Å². The summed E-state index contributed by atoms with van der Waals surface area (Å²) in [5, 5.41) is 8.75. The molecule has 0 saturated heterocycles. The topological polar surface area (TPSA) is 30.7 Å². The monoisotopic (exact) mass is 303 g/mol. The van der Waals surface area contributed by atoms with E-state index in [1.165, 1.54) is 11.1 Å². The first-order valence-corrected chi connectivity index (χ1v) is 7.99. The van der Waals surface area contributed by atoms with Gasteiger partial charge in [0.25, 0.3) is 0 Å². The molecule has 0 fully saturated rings. The van der Waals surface area contributed by atoms with Crippen molar-refractivity contribution in [2.45, 2.75) is 26.8 Å². The van der Waals surface area contributed by atoms with E-state index >= 15 is 0 Å². The van der Waals surface area contributed by atoms with Crippen LogP contribution in [0.25, 0.3) is 17.3 Å². The van der Waals surface area contributed by atoms with Gasteiger partial charge in [-0.25, -0.2) is 4.68 Å². The molecule has 3 heteroatoms. The van der Waals surface area contributed by atoms with Crippen LogP contribution in [-0.4, -0.2) is 15.0 Å². The fraction of sp³-hybridized carbons (Fsp3) is 0.200. The molecule has 116 valence electrons. The highest BCUT2D eigenvalue weighted by atomic mass is 15.4. The fourth-order valence-corrected chi connectivity index (χ4v) is 2.54. The lowest BCUT2D eigenvalue weighted by molar-refractivity contribution is 0.655. The van der Waals surface area contributed by atoms with Crippen LogP contribution in [0, 0.1) is 6.92 Å². The number of nitrogens with zero attached hydrogens (tertiary/aromatic N) is 3. The number of aromatic nitrogens is 3. The van der Waals surface area contributed by atoms with Crippen LogP contribution in [0.3, 0.4) is 0 Å². The molecule has 3 aromatic rings. The lowest BCUT2D eigenvalue weighted by atomic mass is 10.1. The summed E-state index contributed by atoms with van der Waals surface area (Å²) in [7, 11) is 0. The molecule has 0 aliphatic rings. The summed E-state index contributed by atoms with van der Waals surface area (Å²) in [5.41, 5.74) is 5.61. The van der Waals surface area contributed by atoms with Gasteiger partial charge < -0.3 is 0 Å². The Morgan fingerprint density at radius 3 is 2.43 bits per heavy atom. The molecule has 0 radical (unpaired) electrons. The van der Waals surface area contributed by atoms with Gasteiger partial charge in [0.1, 0.15) is 5.69 Å². The van der Waals surface area contributed by atoms with Crippen LogP contribution >= 0.6 is 0 Å². The first-order valence-electron chi connectivity index (χ1n) is 7.99. The second kappa shape index (κ2) is 7.05. The van der Waals surface area contributed by atoms with Gasteiger partial charge in [-0.1, -0.05) is 78.4 Å². The Hall–Kier alpha value is -2.68. The Morgan fingerprint density at radius 2 is 1.74 bits per heavy atom. The van der Waals surface area contributed by atoms with Crippen molar-refractivity contribution in [3.63, 3.8) is 0 Å². The Morgan fingerprint density at radius 1 is 1.00 bits per heavy atom. The van der Waals surface area contributed by atoms with Crippen LogP contribution < -0.4 is 0 Å². The van der Waals surface area contributed by atoms with E-state index in [1.54, 1.807) is 0 Å². The first-order chi connectivity index (χ1) is 11.3. The molecule has 23 heavy (non-hydrogen) atoms. The van der Waals surface area contributed by atoms with Crippen LogP contribution in [0.4, 0.5) is 0 Å². The molecule has 0 N–H and O–H groups in total. The summed E-state index contributed by atoms with van der Waals surface area (Å²) < 4.78 is 1.98. The van der Waals surface area contributed by atoms with E-state index in [0.29, 0.717) is 0 Å². The molecule has 0 amide bonds. The number of aryl methyl sites for hydroxylation is 1. The van der Waals surface area contributed by atoms with E-state index in [2.05, 4.69) is 84.8 Å². The number of benzene rings is 2. The molecule has 1 aromatic heterocycles. The molecule has 0 saturated carbocycles. The lowest BCUT2D eigenvalue weighted by Crippen LogP contribution is -2.04. The quantitative estimate of drug-likeness (QED) is 0.682. The minimum atomic E-state index is 0.719. The molecule has 0 bridgehead atoms. The van der Waals surface area contributed by atoms with E-state index in [1.807, 2.05) is 10.7 Å². The minimum Gasteiger partial charge on any atom is -0.240 e. The maximum atomic E-state index is 4.38. The molecule has 3 rings (SSSR count). The van der Waals surface area contributed by atoms with Crippen LogP contribution in [-0.2, 0) is 6.54 Å². The Bertz CT molecular complexity index is 784. The van der Waals surface area contributed by atoms with Gasteiger partial charge >= 0.3 is 0 Å². The molecule has 0 aliphatic heterocycles. The van der Waals surface area contributed by atoms with Crippen LogP contribution in [0.2, 0.25) is 0 Å². The molecule has 1 heterocycles. The number of hydrogen-bond acceptors (Lipinski definition) is 2. The number of hydrogen-bond donors (Lipinski definition) is 0. The van der Waals surface area contributed by atoms with Gasteiger partial charge in [0.05, 0.1) is 12.2 Å². The maximum Gasteiger partial charge on any atom is 0.113 e. The van der Waals surface area contributed by atoms with Crippen molar-refractivity contribution in [2.75, 3.05) is 0 Å². The van der Waals surface area contributed by atoms with Crippen molar-refractivity contribution in [3.05, 3.63) is 77.5 Å². The van der Waals surface area contributed by atoms with E-state index < -0.39 is 0 Å². The molecular weight excluding hydrogens is 282 g/mol.